The van der Waals surface area contributed by atoms with Crippen LogP contribution in [0.3, 0.4) is 0 Å². The monoisotopic (exact) mass is 264 g/mol. The van der Waals surface area contributed by atoms with Crippen LogP contribution >= 0.6 is 0 Å². The molecule has 1 saturated heterocycles. The first-order valence-electron chi connectivity index (χ1n) is 6.36. The van der Waals surface area contributed by atoms with Crippen molar-refractivity contribution in [3.63, 3.8) is 0 Å². The summed E-state index contributed by atoms with van der Waals surface area (Å²) in [5.74, 6) is 5.61. The molecule has 1 aliphatic heterocycles. The molecule has 2 rings (SSSR count). The molecule has 1 fully saturated rings. The molecule has 7 heteroatoms. The maximum absolute atomic E-state index is 12.4. The fraction of sp³-hybridized carbons (Fsp3) is 0.583. The van der Waals surface area contributed by atoms with Gasteiger partial charge in [-0.2, -0.15) is 0 Å². The predicted molar refractivity (Wildman–Crippen MR) is 72.5 cm³/mol. The lowest BCUT2D eigenvalue weighted by atomic mass is 10.2. The second-order valence-corrected chi connectivity index (χ2v) is 4.99. The molecule has 1 amide bonds. The van der Waals surface area contributed by atoms with Gasteiger partial charge in [-0.05, 0) is 26.9 Å². The molecule has 0 aromatic carbocycles. The third-order valence-corrected chi connectivity index (χ3v) is 3.23. The van der Waals surface area contributed by atoms with Crippen molar-refractivity contribution in [3.05, 3.63) is 18.1 Å². The van der Waals surface area contributed by atoms with Crippen molar-refractivity contribution >= 4 is 11.7 Å². The van der Waals surface area contributed by atoms with Gasteiger partial charge in [-0.1, -0.05) is 0 Å². The number of hydrogen-bond donors (Lipinski definition) is 2. The lowest BCUT2D eigenvalue weighted by molar-refractivity contribution is 0.0710. The Bertz CT molecular complexity index is 432. The van der Waals surface area contributed by atoms with Crippen molar-refractivity contribution in [1.29, 1.82) is 0 Å². The maximum atomic E-state index is 12.4. The van der Waals surface area contributed by atoms with E-state index in [1.807, 2.05) is 19.0 Å². The summed E-state index contributed by atoms with van der Waals surface area (Å²) in [5, 5.41) is 0. The molecule has 0 bridgehead atoms. The average molecular weight is 264 g/mol. The number of nitrogen functional groups attached to an aromatic ring is 1. The van der Waals surface area contributed by atoms with Crippen LogP contribution in [0.25, 0.3) is 0 Å². The van der Waals surface area contributed by atoms with E-state index in [0.29, 0.717) is 11.5 Å². The van der Waals surface area contributed by atoms with E-state index in [4.69, 9.17) is 5.84 Å². The predicted octanol–water partition coefficient (Wildman–Crippen LogP) is -0.0716. The van der Waals surface area contributed by atoms with Crippen molar-refractivity contribution in [1.82, 2.24) is 19.8 Å². The molecule has 0 radical (unpaired) electrons. The van der Waals surface area contributed by atoms with Crippen LogP contribution < -0.4 is 11.3 Å². The zero-order chi connectivity index (χ0) is 13.8. The average Bonchev–Trinajstić information content (AvgIpc) is 2.85. The molecule has 1 aromatic rings. The lowest BCUT2D eigenvalue weighted by Crippen LogP contribution is -2.41. The van der Waals surface area contributed by atoms with Gasteiger partial charge in [-0.3, -0.25) is 4.79 Å². The third kappa shape index (κ3) is 3.18. The van der Waals surface area contributed by atoms with E-state index in [2.05, 4.69) is 20.3 Å². The molecule has 1 aliphatic rings. The molecule has 0 aliphatic carbocycles. The first-order chi connectivity index (χ1) is 9.11. The van der Waals surface area contributed by atoms with Crippen LogP contribution in [-0.4, -0.2) is 58.9 Å². The minimum absolute atomic E-state index is 0.0552. The van der Waals surface area contributed by atoms with Crippen LogP contribution in [0.2, 0.25) is 0 Å². The van der Waals surface area contributed by atoms with E-state index < -0.39 is 0 Å². The summed E-state index contributed by atoms with van der Waals surface area (Å²) in [7, 11) is 4.03. The minimum Gasteiger partial charge on any atom is -0.333 e. The van der Waals surface area contributed by atoms with Gasteiger partial charge in [-0.25, -0.2) is 15.8 Å². The summed E-state index contributed by atoms with van der Waals surface area (Å²) in [6.45, 7) is 1.66. The van der Waals surface area contributed by atoms with E-state index in [-0.39, 0.29) is 11.9 Å². The Balaban J connectivity index is 2.09. The highest BCUT2D eigenvalue weighted by Crippen LogP contribution is 2.19. The molecule has 1 unspecified atom stereocenters. The van der Waals surface area contributed by atoms with Gasteiger partial charge in [0.15, 0.2) is 5.82 Å². The fourth-order valence-electron chi connectivity index (χ4n) is 2.37. The number of anilines is 1. The molecule has 1 aromatic heterocycles. The number of carbonyl (C=O) groups is 1. The minimum atomic E-state index is -0.0552. The molecule has 2 heterocycles. The number of rotatable bonds is 4. The number of nitrogens with zero attached hydrogens (tertiary/aromatic N) is 4. The number of aromatic nitrogens is 2. The Kier molecular flexibility index (Phi) is 4.28. The molecular formula is C12H20N6O. The van der Waals surface area contributed by atoms with E-state index in [1.165, 1.54) is 12.4 Å². The number of hydrogen-bond acceptors (Lipinski definition) is 6. The molecule has 3 N–H and O–H groups in total. The second kappa shape index (κ2) is 5.94. The van der Waals surface area contributed by atoms with E-state index in [0.717, 1.165) is 25.9 Å². The summed E-state index contributed by atoms with van der Waals surface area (Å²) in [4.78, 5) is 24.5. The number of nitrogens with one attached hydrogen (secondary N) is 1. The van der Waals surface area contributed by atoms with Gasteiger partial charge in [0, 0.05) is 19.1 Å². The van der Waals surface area contributed by atoms with Crippen molar-refractivity contribution in [2.45, 2.75) is 18.9 Å². The van der Waals surface area contributed by atoms with Crippen molar-refractivity contribution in [2.75, 3.05) is 32.6 Å². The first-order valence-corrected chi connectivity index (χ1v) is 6.36. The van der Waals surface area contributed by atoms with Gasteiger partial charge in [-0.15, -0.1) is 0 Å². The first kappa shape index (κ1) is 13.7. The highest BCUT2D eigenvalue weighted by atomic mass is 16.2. The van der Waals surface area contributed by atoms with Gasteiger partial charge in [0.25, 0.3) is 5.91 Å². The number of likely N-dealkylation sites (tertiary alicyclic amines) is 1. The fourth-order valence-corrected chi connectivity index (χ4v) is 2.37. The number of carbonyl (C=O) groups excluding carboxylic acids is 1. The quantitative estimate of drug-likeness (QED) is 0.584. The molecular weight excluding hydrogens is 244 g/mol. The zero-order valence-corrected chi connectivity index (χ0v) is 11.3. The topological polar surface area (TPSA) is 87.4 Å². The SMILES string of the molecule is CN(C)CC1CCCN1C(=O)c1cnc(NN)cn1. The van der Waals surface area contributed by atoms with E-state index in [1.54, 1.807) is 0 Å². The van der Waals surface area contributed by atoms with Gasteiger partial charge in [0.05, 0.1) is 12.4 Å². The largest absolute Gasteiger partial charge is 0.333 e. The summed E-state index contributed by atoms with van der Waals surface area (Å²) < 4.78 is 0. The van der Waals surface area contributed by atoms with Gasteiger partial charge in [0.1, 0.15) is 5.69 Å². The molecule has 19 heavy (non-hydrogen) atoms. The van der Waals surface area contributed by atoms with Crippen molar-refractivity contribution < 1.29 is 4.79 Å². The number of hydrazine groups is 1. The Morgan fingerprint density at radius 2 is 2.32 bits per heavy atom. The van der Waals surface area contributed by atoms with Gasteiger partial charge in [0.2, 0.25) is 0 Å². The highest BCUT2D eigenvalue weighted by molar-refractivity contribution is 5.92. The van der Waals surface area contributed by atoms with Crippen molar-refractivity contribution in [2.24, 2.45) is 5.84 Å². The normalized spacial score (nSPS) is 18.9. The van der Waals surface area contributed by atoms with Crippen LogP contribution in [0.5, 0.6) is 0 Å². The van der Waals surface area contributed by atoms with Crippen LogP contribution in [0, 0.1) is 0 Å². The summed E-state index contributed by atoms with van der Waals surface area (Å²) in [5.41, 5.74) is 2.76. The lowest BCUT2D eigenvalue weighted by Gasteiger charge is -2.26. The number of nitrogens with two attached hydrogens (primary N) is 1. The highest BCUT2D eigenvalue weighted by Gasteiger charge is 2.30. The third-order valence-electron chi connectivity index (χ3n) is 3.23. The Labute approximate surface area is 112 Å². The summed E-state index contributed by atoms with van der Waals surface area (Å²) >= 11 is 0. The number of likely N-dealkylation sites (N-methyl/N-ethyl adjacent to an activating group) is 1. The number of amides is 1. The van der Waals surface area contributed by atoms with Crippen LogP contribution in [0.4, 0.5) is 5.82 Å². The Morgan fingerprint density at radius 1 is 1.53 bits per heavy atom. The zero-order valence-electron chi connectivity index (χ0n) is 11.3. The maximum Gasteiger partial charge on any atom is 0.274 e. The van der Waals surface area contributed by atoms with Gasteiger partial charge < -0.3 is 15.2 Å². The van der Waals surface area contributed by atoms with E-state index in [9.17, 15) is 4.79 Å². The van der Waals surface area contributed by atoms with Gasteiger partial charge >= 0.3 is 0 Å². The molecule has 1 atom stereocenters. The molecule has 7 nitrogen and oxygen atoms in total. The second-order valence-electron chi connectivity index (χ2n) is 4.99. The smallest absolute Gasteiger partial charge is 0.274 e. The Hall–Kier alpha value is -1.73. The molecule has 0 saturated carbocycles. The van der Waals surface area contributed by atoms with Crippen LogP contribution in [-0.2, 0) is 0 Å². The molecule has 0 spiro atoms. The molecule has 104 valence electrons. The Morgan fingerprint density at radius 3 is 2.89 bits per heavy atom. The van der Waals surface area contributed by atoms with Crippen molar-refractivity contribution in [3.8, 4) is 0 Å². The summed E-state index contributed by atoms with van der Waals surface area (Å²) in [6, 6.07) is 0.261. The summed E-state index contributed by atoms with van der Waals surface area (Å²) in [6.07, 6.45) is 5.01. The van der Waals surface area contributed by atoms with Crippen LogP contribution in [0.1, 0.15) is 23.3 Å². The van der Waals surface area contributed by atoms with E-state index >= 15 is 0 Å². The standard InChI is InChI=1S/C12H20N6O/c1-17(2)8-9-4-3-5-18(9)12(19)10-6-15-11(16-13)7-14-10/h6-7,9H,3-5,8,13H2,1-2H3,(H,15,16). The van der Waals surface area contributed by atoms with Crippen LogP contribution in [0.15, 0.2) is 12.4 Å².